The number of rotatable bonds is 6. The fourth-order valence-corrected chi connectivity index (χ4v) is 5.75. The summed E-state index contributed by atoms with van der Waals surface area (Å²) in [6.07, 6.45) is 4.30. The van der Waals surface area contributed by atoms with E-state index >= 15 is 0 Å². The van der Waals surface area contributed by atoms with E-state index in [1.165, 1.54) is 22.3 Å². The van der Waals surface area contributed by atoms with E-state index < -0.39 is 17.4 Å². The molecule has 0 unspecified atom stereocenters. The lowest BCUT2D eigenvalue weighted by Crippen LogP contribution is -2.54. The molecular formula is C26H25FN4O3S. The first-order valence-electron chi connectivity index (χ1n) is 11.6. The molecule has 0 spiro atoms. The maximum atomic E-state index is 14.0. The topological polar surface area (TPSA) is 82.6 Å². The van der Waals surface area contributed by atoms with Gasteiger partial charge in [0.05, 0.1) is 13.0 Å². The molecule has 1 atom stereocenters. The molecule has 2 fully saturated rings. The molecule has 35 heavy (non-hydrogen) atoms. The number of thiophene rings is 1. The number of pyridine rings is 1. The Balaban J connectivity index is 1.36. The molecular weight excluding hydrogens is 467 g/mol. The van der Waals surface area contributed by atoms with Crippen molar-refractivity contribution in [3.63, 3.8) is 0 Å². The van der Waals surface area contributed by atoms with Crippen LogP contribution in [0.3, 0.4) is 0 Å². The molecule has 2 aromatic heterocycles. The molecule has 4 heterocycles. The average molecular weight is 493 g/mol. The lowest BCUT2D eigenvalue weighted by Gasteiger charge is -2.41. The lowest BCUT2D eigenvalue weighted by molar-refractivity contribution is -0.136. The van der Waals surface area contributed by atoms with Crippen LogP contribution in [0.25, 0.3) is 0 Å². The van der Waals surface area contributed by atoms with Crippen molar-refractivity contribution in [2.24, 2.45) is 5.92 Å². The summed E-state index contributed by atoms with van der Waals surface area (Å²) in [7, 11) is 0. The number of amides is 4. The summed E-state index contributed by atoms with van der Waals surface area (Å²) in [5.41, 5.74) is 0.673. The van der Waals surface area contributed by atoms with Gasteiger partial charge in [-0.05, 0) is 58.8 Å². The Bertz CT molecular complexity index is 1230. The molecule has 2 aliphatic heterocycles. The number of urea groups is 1. The van der Waals surface area contributed by atoms with Crippen molar-refractivity contribution < 1.29 is 18.8 Å². The van der Waals surface area contributed by atoms with Crippen LogP contribution in [0.2, 0.25) is 0 Å². The molecule has 1 N–H and O–H groups in total. The molecule has 180 valence electrons. The third-order valence-corrected chi connectivity index (χ3v) is 7.66. The van der Waals surface area contributed by atoms with Crippen LogP contribution in [0.5, 0.6) is 0 Å². The second-order valence-corrected chi connectivity index (χ2v) is 9.71. The quantitative estimate of drug-likeness (QED) is 0.532. The number of nitrogens with one attached hydrogen (secondary N) is 1. The van der Waals surface area contributed by atoms with Crippen molar-refractivity contribution in [3.8, 4) is 0 Å². The summed E-state index contributed by atoms with van der Waals surface area (Å²) in [6, 6.07) is 11.3. The van der Waals surface area contributed by atoms with E-state index in [1.54, 1.807) is 41.6 Å². The molecule has 7 nitrogen and oxygen atoms in total. The number of carbonyl (C=O) groups excluding carboxylic acids is 3. The Morgan fingerprint density at radius 3 is 2.63 bits per heavy atom. The number of benzene rings is 1. The Labute approximate surface area is 206 Å². The van der Waals surface area contributed by atoms with Crippen LogP contribution >= 0.6 is 11.3 Å². The highest BCUT2D eigenvalue weighted by atomic mass is 32.1. The standard InChI is InChI=1S/C26H25FN4O3S/c27-22-6-2-1-4-19(22)14-23(32)30-11-7-20(8-12-30)26(21-5-3-10-28-15-21)24(33)31(25(34)29-26)16-18-9-13-35-17-18/h1-6,9-10,13,15,17,20H,7-8,11-12,14,16H2,(H,29,34)/t26-/m1/s1. The van der Waals surface area contributed by atoms with Crippen LogP contribution in [-0.2, 0) is 28.1 Å². The number of carbonyl (C=O) groups is 3. The first kappa shape index (κ1) is 23.2. The summed E-state index contributed by atoms with van der Waals surface area (Å²) in [6.45, 7) is 1.05. The Hall–Kier alpha value is -3.59. The van der Waals surface area contributed by atoms with Gasteiger partial charge in [0.15, 0.2) is 5.54 Å². The van der Waals surface area contributed by atoms with Gasteiger partial charge < -0.3 is 10.2 Å². The molecule has 0 saturated carbocycles. The normalized spacial score (nSPS) is 20.8. The summed E-state index contributed by atoms with van der Waals surface area (Å²) >= 11 is 1.51. The molecule has 5 rings (SSSR count). The summed E-state index contributed by atoms with van der Waals surface area (Å²) in [5, 5.41) is 6.84. The van der Waals surface area contributed by atoms with E-state index in [-0.39, 0.29) is 30.7 Å². The largest absolute Gasteiger partial charge is 0.342 e. The maximum absolute atomic E-state index is 14.0. The van der Waals surface area contributed by atoms with Gasteiger partial charge >= 0.3 is 6.03 Å². The second kappa shape index (κ2) is 9.58. The molecule has 2 saturated heterocycles. The minimum atomic E-state index is -1.23. The van der Waals surface area contributed by atoms with Crippen LogP contribution < -0.4 is 5.32 Å². The number of nitrogens with zero attached hydrogens (tertiary/aromatic N) is 3. The highest BCUT2D eigenvalue weighted by Crippen LogP contribution is 2.41. The van der Waals surface area contributed by atoms with Gasteiger partial charge in [0.25, 0.3) is 5.91 Å². The minimum absolute atomic E-state index is 0.00479. The van der Waals surface area contributed by atoms with Crippen LogP contribution in [0.15, 0.2) is 65.6 Å². The van der Waals surface area contributed by atoms with Crippen molar-refractivity contribution in [3.05, 3.63) is 88.1 Å². The van der Waals surface area contributed by atoms with Gasteiger partial charge in [0.1, 0.15) is 5.82 Å². The third kappa shape index (κ3) is 4.32. The minimum Gasteiger partial charge on any atom is -0.342 e. The third-order valence-electron chi connectivity index (χ3n) is 6.93. The van der Waals surface area contributed by atoms with Gasteiger partial charge in [-0.2, -0.15) is 11.3 Å². The van der Waals surface area contributed by atoms with E-state index in [0.717, 1.165) is 5.56 Å². The Morgan fingerprint density at radius 2 is 1.94 bits per heavy atom. The first-order chi connectivity index (χ1) is 17.0. The van der Waals surface area contributed by atoms with Gasteiger partial charge in [-0.25, -0.2) is 9.18 Å². The van der Waals surface area contributed by atoms with Gasteiger partial charge in [0, 0.05) is 31.0 Å². The SMILES string of the molecule is O=C(Cc1ccccc1F)N1CCC([C@]2(c3cccnc3)NC(=O)N(Cc3ccsc3)C2=O)CC1. The van der Waals surface area contributed by atoms with E-state index in [0.29, 0.717) is 37.1 Å². The maximum Gasteiger partial charge on any atom is 0.325 e. The molecule has 0 bridgehead atoms. The van der Waals surface area contributed by atoms with E-state index in [4.69, 9.17) is 0 Å². The second-order valence-electron chi connectivity index (χ2n) is 8.93. The number of imide groups is 1. The summed E-state index contributed by atoms with van der Waals surface area (Å²) in [4.78, 5) is 46.9. The fraction of sp³-hybridized carbons (Fsp3) is 0.308. The van der Waals surface area contributed by atoms with Gasteiger partial charge in [-0.3, -0.25) is 19.5 Å². The lowest BCUT2D eigenvalue weighted by atomic mass is 9.73. The van der Waals surface area contributed by atoms with Crippen molar-refractivity contribution in [1.82, 2.24) is 20.1 Å². The van der Waals surface area contributed by atoms with Crippen molar-refractivity contribution in [2.45, 2.75) is 31.3 Å². The molecule has 0 radical (unpaired) electrons. The summed E-state index contributed by atoms with van der Waals surface area (Å²) < 4.78 is 14.0. The smallest absolute Gasteiger partial charge is 0.325 e. The van der Waals surface area contributed by atoms with Gasteiger partial charge in [-0.1, -0.05) is 24.3 Å². The van der Waals surface area contributed by atoms with Crippen LogP contribution in [0, 0.1) is 11.7 Å². The number of aromatic nitrogens is 1. The Morgan fingerprint density at radius 1 is 1.14 bits per heavy atom. The number of piperidine rings is 1. The van der Waals surface area contributed by atoms with E-state index in [1.807, 2.05) is 22.9 Å². The predicted molar refractivity (Wildman–Crippen MR) is 129 cm³/mol. The predicted octanol–water partition coefficient (Wildman–Crippen LogP) is 3.71. The van der Waals surface area contributed by atoms with Gasteiger partial charge in [0.2, 0.25) is 5.91 Å². The van der Waals surface area contributed by atoms with Crippen LogP contribution in [0.4, 0.5) is 9.18 Å². The highest BCUT2D eigenvalue weighted by molar-refractivity contribution is 7.07. The molecule has 2 aliphatic rings. The highest BCUT2D eigenvalue weighted by Gasteiger charge is 2.57. The Kier molecular flexibility index (Phi) is 6.34. The first-order valence-corrected chi connectivity index (χ1v) is 12.5. The number of likely N-dealkylation sites (tertiary alicyclic amines) is 1. The molecule has 3 aromatic rings. The monoisotopic (exact) mass is 492 g/mol. The van der Waals surface area contributed by atoms with Crippen molar-refractivity contribution in [2.75, 3.05) is 13.1 Å². The van der Waals surface area contributed by atoms with Crippen molar-refractivity contribution in [1.29, 1.82) is 0 Å². The molecule has 0 aliphatic carbocycles. The fourth-order valence-electron chi connectivity index (χ4n) is 5.09. The number of hydrogen-bond donors (Lipinski definition) is 1. The van der Waals surface area contributed by atoms with Crippen molar-refractivity contribution >= 4 is 29.2 Å². The van der Waals surface area contributed by atoms with Gasteiger partial charge in [-0.15, -0.1) is 0 Å². The zero-order valence-electron chi connectivity index (χ0n) is 19.0. The van der Waals surface area contributed by atoms with E-state index in [9.17, 15) is 18.8 Å². The van der Waals surface area contributed by atoms with Crippen LogP contribution in [-0.4, -0.2) is 45.7 Å². The number of halogens is 1. The van der Waals surface area contributed by atoms with Crippen LogP contribution in [0.1, 0.15) is 29.5 Å². The molecule has 1 aromatic carbocycles. The summed E-state index contributed by atoms with van der Waals surface area (Å²) in [5.74, 6) is -1.05. The molecule has 4 amide bonds. The average Bonchev–Trinajstić information content (AvgIpc) is 3.49. The zero-order valence-corrected chi connectivity index (χ0v) is 19.8. The number of hydrogen-bond acceptors (Lipinski definition) is 5. The zero-order chi connectivity index (χ0) is 24.4. The molecule has 9 heteroatoms. The van der Waals surface area contributed by atoms with E-state index in [2.05, 4.69) is 10.3 Å².